The second-order valence-electron chi connectivity index (χ2n) is 4.86. The van der Waals surface area contributed by atoms with Gasteiger partial charge in [-0.05, 0) is 19.9 Å². The Balaban J connectivity index is 2.44. The number of anilines is 1. The first-order valence-electron chi connectivity index (χ1n) is 7.08. The number of ether oxygens (including phenoxy) is 1. The molecule has 9 heteroatoms. The van der Waals surface area contributed by atoms with Crippen LogP contribution in [-0.4, -0.2) is 40.0 Å². The molecule has 0 aliphatic carbocycles. The Morgan fingerprint density at radius 3 is 2.61 bits per heavy atom. The Hall–Kier alpha value is -2.16. The Labute approximate surface area is 131 Å². The van der Waals surface area contributed by atoms with E-state index in [0.29, 0.717) is 31.0 Å². The van der Waals surface area contributed by atoms with Crippen molar-refractivity contribution in [2.75, 3.05) is 25.6 Å². The largest absolute Gasteiger partial charge is 0.433 e. The summed E-state index contributed by atoms with van der Waals surface area (Å²) in [5, 5.41) is 6.97. The molecule has 6 nitrogen and oxygen atoms in total. The van der Waals surface area contributed by atoms with E-state index in [9.17, 15) is 13.2 Å². The minimum Gasteiger partial charge on any atom is -0.383 e. The highest BCUT2D eigenvalue weighted by Gasteiger charge is 2.34. The fraction of sp³-hybridized carbons (Fsp3) is 0.500. The summed E-state index contributed by atoms with van der Waals surface area (Å²) in [7, 11) is 1.50. The van der Waals surface area contributed by atoms with Gasteiger partial charge >= 0.3 is 6.18 Å². The van der Waals surface area contributed by atoms with E-state index in [1.807, 2.05) is 6.92 Å². The van der Waals surface area contributed by atoms with E-state index in [-0.39, 0.29) is 11.6 Å². The van der Waals surface area contributed by atoms with Crippen LogP contribution in [-0.2, 0) is 17.5 Å². The molecule has 0 aliphatic heterocycles. The average Bonchev–Trinajstić information content (AvgIpc) is 2.87. The maximum absolute atomic E-state index is 13.1. The third kappa shape index (κ3) is 4.19. The first-order chi connectivity index (χ1) is 10.8. The van der Waals surface area contributed by atoms with Gasteiger partial charge < -0.3 is 10.1 Å². The van der Waals surface area contributed by atoms with Crippen LogP contribution in [0.1, 0.15) is 18.3 Å². The summed E-state index contributed by atoms with van der Waals surface area (Å²) < 4.78 is 45.7. The van der Waals surface area contributed by atoms with Gasteiger partial charge in [-0.25, -0.2) is 9.97 Å². The summed E-state index contributed by atoms with van der Waals surface area (Å²) in [5.41, 5.74) is 0.353. The SMILES string of the molecule is CCn1cc(-c2cc(C(F)(F)F)nc(NCCOC)n2)c(C)n1. The van der Waals surface area contributed by atoms with Crippen molar-refractivity contribution in [3.05, 3.63) is 23.7 Å². The number of rotatable bonds is 6. The molecule has 0 bridgehead atoms. The van der Waals surface area contributed by atoms with Crippen molar-refractivity contribution in [1.29, 1.82) is 0 Å². The van der Waals surface area contributed by atoms with Crippen molar-refractivity contribution < 1.29 is 17.9 Å². The van der Waals surface area contributed by atoms with Crippen LogP contribution in [0.5, 0.6) is 0 Å². The smallest absolute Gasteiger partial charge is 0.383 e. The van der Waals surface area contributed by atoms with Crippen molar-refractivity contribution in [2.24, 2.45) is 0 Å². The molecule has 126 valence electrons. The third-order valence-electron chi connectivity index (χ3n) is 3.15. The summed E-state index contributed by atoms with van der Waals surface area (Å²) in [6.07, 6.45) is -2.87. The van der Waals surface area contributed by atoms with Gasteiger partial charge in [-0.1, -0.05) is 0 Å². The Bertz CT molecular complexity index is 669. The molecule has 1 N–H and O–H groups in total. The zero-order chi connectivity index (χ0) is 17.0. The number of hydrogen-bond acceptors (Lipinski definition) is 5. The highest BCUT2D eigenvalue weighted by Crippen LogP contribution is 2.31. The average molecular weight is 329 g/mol. The molecule has 0 saturated heterocycles. The fourth-order valence-electron chi connectivity index (χ4n) is 2.01. The van der Waals surface area contributed by atoms with E-state index in [4.69, 9.17) is 4.74 Å². The van der Waals surface area contributed by atoms with Crippen LogP contribution >= 0.6 is 0 Å². The number of nitrogens with one attached hydrogen (secondary N) is 1. The molecule has 0 atom stereocenters. The summed E-state index contributed by atoms with van der Waals surface area (Å²) >= 11 is 0. The lowest BCUT2D eigenvalue weighted by Crippen LogP contribution is -2.15. The predicted octanol–water partition coefficient (Wildman–Crippen LogP) is 2.75. The zero-order valence-electron chi connectivity index (χ0n) is 13.1. The topological polar surface area (TPSA) is 64.9 Å². The number of methoxy groups -OCH3 is 1. The van der Waals surface area contributed by atoms with Gasteiger partial charge in [0.2, 0.25) is 5.95 Å². The molecule has 2 aromatic heterocycles. The molecule has 2 heterocycles. The molecule has 0 fully saturated rings. The summed E-state index contributed by atoms with van der Waals surface area (Å²) in [6, 6.07) is 0.936. The standard InChI is InChI=1S/C14H18F3N5O/c1-4-22-8-10(9(2)21-22)11-7-12(14(15,16)17)20-13(19-11)18-5-6-23-3/h7-8H,4-6H2,1-3H3,(H,18,19,20). The normalized spacial score (nSPS) is 11.7. The second kappa shape index (κ2) is 6.95. The van der Waals surface area contributed by atoms with Gasteiger partial charge in [-0.15, -0.1) is 0 Å². The Morgan fingerprint density at radius 2 is 2.04 bits per heavy atom. The molecule has 2 rings (SSSR count). The van der Waals surface area contributed by atoms with Gasteiger partial charge in [0.15, 0.2) is 5.69 Å². The minimum atomic E-state index is -4.55. The van der Waals surface area contributed by atoms with Crippen LogP contribution in [0, 0.1) is 6.92 Å². The van der Waals surface area contributed by atoms with Crippen molar-refractivity contribution in [2.45, 2.75) is 26.6 Å². The molecule has 0 aromatic carbocycles. The highest BCUT2D eigenvalue weighted by atomic mass is 19.4. The maximum Gasteiger partial charge on any atom is 0.433 e. The number of halogens is 3. The third-order valence-corrected chi connectivity index (χ3v) is 3.15. The van der Waals surface area contributed by atoms with E-state index in [2.05, 4.69) is 20.4 Å². The van der Waals surface area contributed by atoms with Crippen LogP contribution in [0.2, 0.25) is 0 Å². The minimum absolute atomic E-state index is 0.0875. The zero-order valence-corrected chi connectivity index (χ0v) is 13.1. The van der Waals surface area contributed by atoms with E-state index < -0.39 is 11.9 Å². The molecular formula is C14H18F3N5O. The van der Waals surface area contributed by atoms with Crippen molar-refractivity contribution >= 4 is 5.95 Å². The lowest BCUT2D eigenvalue weighted by atomic mass is 10.1. The van der Waals surface area contributed by atoms with E-state index >= 15 is 0 Å². The van der Waals surface area contributed by atoms with Crippen molar-refractivity contribution in [3.8, 4) is 11.3 Å². The summed E-state index contributed by atoms with van der Waals surface area (Å²) in [4.78, 5) is 7.69. The van der Waals surface area contributed by atoms with Gasteiger partial charge in [0.1, 0.15) is 0 Å². The van der Waals surface area contributed by atoms with Crippen LogP contribution in [0.3, 0.4) is 0 Å². The quantitative estimate of drug-likeness (QED) is 0.826. The molecular weight excluding hydrogens is 311 g/mol. The number of aromatic nitrogens is 4. The first kappa shape index (κ1) is 17.2. The highest BCUT2D eigenvalue weighted by molar-refractivity contribution is 5.62. The predicted molar refractivity (Wildman–Crippen MR) is 79.0 cm³/mol. The first-order valence-corrected chi connectivity index (χ1v) is 7.08. The van der Waals surface area contributed by atoms with Gasteiger partial charge in [0, 0.05) is 32.0 Å². The van der Waals surface area contributed by atoms with Crippen LogP contribution in [0.25, 0.3) is 11.3 Å². The van der Waals surface area contributed by atoms with E-state index in [0.717, 1.165) is 6.07 Å². The molecule has 0 aliphatic rings. The van der Waals surface area contributed by atoms with Crippen LogP contribution in [0.15, 0.2) is 12.3 Å². The van der Waals surface area contributed by atoms with Gasteiger partial charge in [0.05, 0.1) is 18.0 Å². The Morgan fingerprint density at radius 1 is 1.30 bits per heavy atom. The van der Waals surface area contributed by atoms with E-state index in [1.165, 1.54) is 7.11 Å². The molecule has 0 spiro atoms. The van der Waals surface area contributed by atoms with E-state index in [1.54, 1.807) is 17.8 Å². The van der Waals surface area contributed by atoms with Gasteiger partial charge in [-0.2, -0.15) is 18.3 Å². The van der Waals surface area contributed by atoms with Crippen LogP contribution < -0.4 is 5.32 Å². The van der Waals surface area contributed by atoms with Crippen molar-refractivity contribution in [3.63, 3.8) is 0 Å². The number of aryl methyl sites for hydroxylation is 2. The second-order valence-corrected chi connectivity index (χ2v) is 4.86. The lowest BCUT2D eigenvalue weighted by Gasteiger charge is -2.11. The maximum atomic E-state index is 13.1. The number of nitrogens with zero attached hydrogens (tertiary/aromatic N) is 4. The summed E-state index contributed by atoms with van der Waals surface area (Å²) in [5.74, 6) is -0.0875. The molecule has 0 unspecified atom stereocenters. The van der Waals surface area contributed by atoms with Gasteiger partial charge in [0.25, 0.3) is 0 Å². The monoisotopic (exact) mass is 329 g/mol. The molecule has 0 amide bonds. The number of alkyl halides is 3. The summed E-state index contributed by atoms with van der Waals surface area (Å²) in [6.45, 7) is 4.90. The van der Waals surface area contributed by atoms with Crippen LogP contribution in [0.4, 0.5) is 19.1 Å². The molecule has 0 saturated carbocycles. The number of hydrogen-bond donors (Lipinski definition) is 1. The molecule has 0 radical (unpaired) electrons. The fourth-order valence-corrected chi connectivity index (χ4v) is 2.01. The van der Waals surface area contributed by atoms with Crippen molar-refractivity contribution in [1.82, 2.24) is 19.7 Å². The molecule has 23 heavy (non-hydrogen) atoms. The lowest BCUT2D eigenvalue weighted by molar-refractivity contribution is -0.141. The molecule has 2 aromatic rings. The Kier molecular flexibility index (Phi) is 5.19. The van der Waals surface area contributed by atoms with Gasteiger partial charge in [-0.3, -0.25) is 4.68 Å².